The fourth-order valence-corrected chi connectivity index (χ4v) is 2.22. The Bertz CT molecular complexity index is 683. The summed E-state index contributed by atoms with van der Waals surface area (Å²) in [4.78, 5) is 20.7. The molecule has 6 heteroatoms. The van der Waals surface area contributed by atoms with Crippen LogP contribution in [0.5, 0.6) is 0 Å². The zero-order chi connectivity index (χ0) is 11.7. The number of benzene rings is 1. The van der Waals surface area contributed by atoms with Gasteiger partial charge in [-0.3, -0.25) is 0 Å². The van der Waals surface area contributed by atoms with E-state index in [0.29, 0.717) is 6.54 Å². The van der Waals surface area contributed by atoms with Crippen molar-refractivity contribution in [2.75, 3.05) is 5.32 Å². The molecule has 2 heterocycles. The van der Waals surface area contributed by atoms with Crippen molar-refractivity contribution in [3.05, 3.63) is 45.3 Å². The number of H-pyrrole nitrogens is 2. The normalized spacial score (nSPS) is 10.8. The molecule has 0 aliphatic rings. The van der Waals surface area contributed by atoms with Gasteiger partial charge in [0.25, 0.3) is 0 Å². The van der Waals surface area contributed by atoms with Gasteiger partial charge in [0.05, 0.1) is 17.6 Å². The third-order valence-corrected chi connectivity index (χ3v) is 3.22. The first-order valence-electron chi connectivity index (χ1n) is 5.15. The van der Waals surface area contributed by atoms with E-state index in [4.69, 9.17) is 0 Å². The minimum Gasteiger partial charge on any atom is -0.378 e. The lowest BCUT2D eigenvalue weighted by Gasteiger charge is -2.03. The third-order valence-electron chi connectivity index (χ3n) is 2.44. The highest BCUT2D eigenvalue weighted by molar-refractivity contribution is 7.09. The Morgan fingerprint density at radius 3 is 3.00 bits per heavy atom. The van der Waals surface area contributed by atoms with Crippen LogP contribution in [0.3, 0.4) is 0 Å². The van der Waals surface area contributed by atoms with Gasteiger partial charge in [-0.25, -0.2) is 9.78 Å². The number of hydrogen-bond donors (Lipinski definition) is 3. The van der Waals surface area contributed by atoms with Gasteiger partial charge in [-0.1, -0.05) is 0 Å². The molecule has 0 fully saturated rings. The Hall–Kier alpha value is -2.08. The number of imidazole rings is 1. The molecule has 0 amide bonds. The van der Waals surface area contributed by atoms with E-state index in [2.05, 4.69) is 20.3 Å². The van der Waals surface area contributed by atoms with Gasteiger partial charge >= 0.3 is 5.69 Å². The third kappa shape index (κ3) is 2.07. The van der Waals surface area contributed by atoms with Crippen molar-refractivity contribution in [3.8, 4) is 0 Å². The van der Waals surface area contributed by atoms with Gasteiger partial charge in [-0.2, -0.15) is 0 Å². The van der Waals surface area contributed by atoms with E-state index < -0.39 is 0 Å². The summed E-state index contributed by atoms with van der Waals surface area (Å²) in [5.74, 6) is 0. The second-order valence-electron chi connectivity index (χ2n) is 3.62. The Balaban J connectivity index is 1.83. The summed E-state index contributed by atoms with van der Waals surface area (Å²) in [6.07, 6.45) is 1.79. The maximum atomic E-state index is 11.1. The Morgan fingerprint density at radius 2 is 2.18 bits per heavy atom. The molecule has 0 radical (unpaired) electrons. The van der Waals surface area contributed by atoms with Crippen LogP contribution in [0.2, 0.25) is 0 Å². The summed E-state index contributed by atoms with van der Waals surface area (Å²) in [5.41, 5.74) is 2.40. The van der Waals surface area contributed by atoms with Crippen LogP contribution in [0.1, 0.15) is 5.01 Å². The monoisotopic (exact) mass is 246 g/mol. The quantitative estimate of drug-likeness (QED) is 0.661. The van der Waals surface area contributed by atoms with Crippen LogP contribution in [0.25, 0.3) is 11.0 Å². The van der Waals surface area contributed by atoms with E-state index in [1.807, 2.05) is 23.6 Å². The first-order chi connectivity index (χ1) is 8.31. The minimum atomic E-state index is -0.183. The van der Waals surface area contributed by atoms with Crippen LogP contribution in [0, 0.1) is 0 Å². The van der Waals surface area contributed by atoms with Crippen molar-refractivity contribution in [2.45, 2.75) is 6.54 Å². The molecule has 0 unspecified atom stereocenters. The van der Waals surface area contributed by atoms with Crippen molar-refractivity contribution >= 4 is 28.1 Å². The molecule has 5 nitrogen and oxygen atoms in total. The molecule has 0 saturated carbocycles. The molecule has 3 aromatic rings. The summed E-state index contributed by atoms with van der Waals surface area (Å²) >= 11 is 1.61. The summed E-state index contributed by atoms with van der Waals surface area (Å²) in [7, 11) is 0. The average molecular weight is 246 g/mol. The van der Waals surface area contributed by atoms with Crippen LogP contribution in [0.15, 0.2) is 34.6 Å². The highest BCUT2D eigenvalue weighted by Gasteiger charge is 2.00. The van der Waals surface area contributed by atoms with Crippen LogP contribution in [0.4, 0.5) is 5.69 Å². The predicted octanol–water partition coefficient (Wildman–Crippen LogP) is 1.92. The van der Waals surface area contributed by atoms with Crippen molar-refractivity contribution in [3.63, 3.8) is 0 Å². The van der Waals surface area contributed by atoms with Gasteiger partial charge < -0.3 is 15.3 Å². The maximum Gasteiger partial charge on any atom is 0.323 e. The van der Waals surface area contributed by atoms with Gasteiger partial charge in [0.2, 0.25) is 0 Å². The zero-order valence-electron chi connectivity index (χ0n) is 8.86. The minimum absolute atomic E-state index is 0.183. The van der Waals surface area contributed by atoms with Crippen molar-refractivity contribution in [1.82, 2.24) is 15.0 Å². The van der Waals surface area contributed by atoms with Gasteiger partial charge in [0.1, 0.15) is 5.01 Å². The lowest BCUT2D eigenvalue weighted by atomic mass is 10.3. The van der Waals surface area contributed by atoms with E-state index >= 15 is 0 Å². The molecule has 86 valence electrons. The molecule has 0 bridgehead atoms. The van der Waals surface area contributed by atoms with E-state index in [-0.39, 0.29) is 5.69 Å². The first-order valence-corrected chi connectivity index (χ1v) is 6.03. The number of rotatable bonds is 3. The number of fused-ring (bicyclic) bond motifs is 1. The van der Waals surface area contributed by atoms with Crippen molar-refractivity contribution < 1.29 is 0 Å². The number of aromatic amines is 2. The highest BCUT2D eigenvalue weighted by atomic mass is 32.1. The average Bonchev–Trinajstić information content (AvgIpc) is 2.92. The van der Waals surface area contributed by atoms with Gasteiger partial charge in [0, 0.05) is 17.3 Å². The van der Waals surface area contributed by atoms with Crippen LogP contribution < -0.4 is 11.0 Å². The number of anilines is 1. The van der Waals surface area contributed by atoms with Crippen LogP contribution in [-0.4, -0.2) is 15.0 Å². The van der Waals surface area contributed by atoms with Crippen LogP contribution in [-0.2, 0) is 6.54 Å². The molecule has 0 saturated heterocycles. The summed E-state index contributed by atoms with van der Waals surface area (Å²) < 4.78 is 0. The van der Waals surface area contributed by atoms with Crippen molar-refractivity contribution in [2.24, 2.45) is 0 Å². The lowest BCUT2D eigenvalue weighted by molar-refractivity contribution is 1.10. The van der Waals surface area contributed by atoms with E-state index in [9.17, 15) is 4.79 Å². The molecular weight excluding hydrogens is 236 g/mol. The summed E-state index contributed by atoms with van der Waals surface area (Å²) in [6, 6.07) is 5.71. The number of nitrogens with one attached hydrogen (secondary N) is 3. The van der Waals surface area contributed by atoms with Crippen molar-refractivity contribution in [1.29, 1.82) is 0 Å². The van der Waals surface area contributed by atoms with Gasteiger partial charge in [-0.05, 0) is 18.2 Å². The Labute approximate surface area is 101 Å². The van der Waals surface area contributed by atoms with Crippen LogP contribution >= 0.6 is 11.3 Å². The molecule has 0 spiro atoms. The topological polar surface area (TPSA) is 73.6 Å². The molecule has 3 rings (SSSR count). The SMILES string of the molecule is O=c1[nH]c2ccc(NCc3nccs3)cc2[nH]1. The molecule has 2 aromatic heterocycles. The fourth-order valence-electron chi connectivity index (χ4n) is 1.66. The predicted molar refractivity (Wildman–Crippen MR) is 68.4 cm³/mol. The fraction of sp³-hybridized carbons (Fsp3) is 0.0909. The summed E-state index contributed by atoms with van der Waals surface area (Å²) in [5, 5.41) is 6.24. The van der Waals surface area contributed by atoms with Gasteiger partial charge in [0.15, 0.2) is 0 Å². The second kappa shape index (κ2) is 4.06. The largest absolute Gasteiger partial charge is 0.378 e. The summed E-state index contributed by atoms with van der Waals surface area (Å²) in [6.45, 7) is 0.692. The van der Waals surface area contributed by atoms with E-state index in [0.717, 1.165) is 21.7 Å². The van der Waals surface area contributed by atoms with Gasteiger partial charge in [-0.15, -0.1) is 11.3 Å². The number of aromatic nitrogens is 3. The lowest BCUT2D eigenvalue weighted by Crippen LogP contribution is -1.99. The Kier molecular flexibility index (Phi) is 2.41. The van der Waals surface area contributed by atoms with E-state index in [1.54, 1.807) is 17.5 Å². The van der Waals surface area contributed by atoms with E-state index in [1.165, 1.54) is 0 Å². The zero-order valence-corrected chi connectivity index (χ0v) is 9.67. The molecule has 0 atom stereocenters. The molecule has 1 aromatic carbocycles. The standard InChI is InChI=1S/C11H10N4OS/c16-11-14-8-2-1-7(5-9(8)15-11)13-6-10-12-3-4-17-10/h1-5,13H,6H2,(H2,14,15,16). The number of thiazole rings is 1. The smallest absolute Gasteiger partial charge is 0.323 e. The second-order valence-corrected chi connectivity index (χ2v) is 4.60. The molecule has 3 N–H and O–H groups in total. The number of nitrogens with zero attached hydrogens (tertiary/aromatic N) is 1. The molecule has 0 aliphatic heterocycles. The number of hydrogen-bond acceptors (Lipinski definition) is 4. The molecule has 17 heavy (non-hydrogen) atoms. The maximum absolute atomic E-state index is 11.1. The first kappa shape index (κ1) is 10.1. The Morgan fingerprint density at radius 1 is 1.29 bits per heavy atom. The highest BCUT2D eigenvalue weighted by Crippen LogP contribution is 2.15. The molecule has 0 aliphatic carbocycles. The molecular formula is C11H10N4OS.